The fourth-order valence-electron chi connectivity index (χ4n) is 3.52. The van der Waals surface area contributed by atoms with E-state index < -0.39 is 0 Å². The zero-order chi connectivity index (χ0) is 20.8. The molecule has 154 valence electrons. The van der Waals surface area contributed by atoms with Crippen LogP contribution >= 0.6 is 0 Å². The number of ether oxygens (including phenoxy) is 1. The van der Waals surface area contributed by atoms with E-state index in [9.17, 15) is 4.79 Å². The van der Waals surface area contributed by atoms with Gasteiger partial charge in [-0.1, -0.05) is 44.2 Å². The van der Waals surface area contributed by atoms with E-state index in [-0.39, 0.29) is 12.0 Å². The quantitative estimate of drug-likeness (QED) is 0.409. The summed E-state index contributed by atoms with van der Waals surface area (Å²) >= 11 is 0. The summed E-state index contributed by atoms with van der Waals surface area (Å²) in [7, 11) is 0. The Hall–Kier alpha value is -2.80. The van der Waals surface area contributed by atoms with Gasteiger partial charge in [0, 0.05) is 17.8 Å². The van der Waals surface area contributed by atoms with Crippen molar-refractivity contribution in [2.75, 3.05) is 19.7 Å². The van der Waals surface area contributed by atoms with Crippen LogP contribution in [0.2, 0.25) is 0 Å². The SMILES string of the molecule is CCN(CC)[C@@H](C(=O)OCCCc1nc2nc(C)cc(C)n2n1)c1ccccc1. The third-order valence-electron chi connectivity index (χ3n) is 4.97. The Morgan fingerprint density at radius 3 is 2.55 bits per heavy atom. The molecule has 0 spiro atoms. The molecule has 1 atom stereocenters. The van der Waals surface area contributed by atoms with Gasteiger partial charge in [-0.2, -0.15) is 4.98 Å². The van der Waals surface area contributed by atoms with Crippen LogP contribution < -0.4 is 0 Å². The van der Waals surface area contributed by atoms with Crippen LogP contribution in [0.25, 0.3) is 5.78 Å². The summed E-state index contributed by atoms with van der Waals surface area (Å²) in [5.74, 6) is 1.11. The number of nitrogens with zero attached hydrogens (tertiary/aromatic N) is 5. The first-order valence-electron chi connectivity index (χ1n) is 10.2. The average Bonchev–Trinajstić information content (AvgIpc) is 3.13. The maximum Gasteiger partial charge on any atom is 0.328 e. The Balaban J connectivity index is 1.60. The van der Waals surface area contributed by atoms with E-state index in [2.05, 4.69) is 33.8 Å². The molecule has 3 aromatic rings. The van der Waals surface area contributed by atoms with Crippen LogP contribution in [0.15, 0.2) is 36.4 Å². The van der Waals surface area contributed by atoms with Crippen molar-refractivity contribution in [3.8, 4) is 0 Å². The summed E-state index contributed by atoms with van der Waals surface area (Å²) in [6.45, 7) is 9.94. The van der Waals surface area contributed by atoms with E-state index in [4.69, 9.17) is 4.74 Å². The van der Waals surface area contributed by atoms with Crippen molar-refractivity contribution in [2.24, 2.45) is 0 Å². The van der Waals surface area contributed by atoms with Crippen molar-refractivity contribution in [2.45, 2.75) is 46.6 Å². The Morgan fingerprint density at radius 2 is 1.86 bits per heavy atom. The van der Waals surface area contributed by atoms with Crippen LogP contribution in [0.3, 0.4) is 0 Å². The second-order valence-corrected chi connectivity index (χ2v) is 7.08. The summed E-state index contributed by atoms with van der Waals surface area (Å²) in [6.07, 6.45) is 1.30. The molecule has 1 aromatic carbocycles. The average molecular weight is 396 g/mol. The van der Waals surface area contributed by atoms with Crippen LogP contribution in [-0.2, 0) is 16.0 Å². The fraction of sp³-hybridized carbons (Fsp3) is 0.455. The number of aromatic nitrogens is 4. The molecule has 2 heterocycles. The number of likely N-dealkylation sites (N-methyl/N-ethyl adjacent to an activating group) is 1. The van der Waals surface area contributed by atoms with Crippen molar-refractivity contribution in [3.63, 3.8) is 0 Å². The van der Waals surface area contributed by atoms with Gasteiger partial charge in [0.2, 0.25) is 0 Å². The van der Waals surface area contributed by atoms with E-state index in [1.54, 1.807) is 4.52 Å². The molecule has 0 aliphatic rings. The van der Waals surface area contributed by atoms with Crippen LogP contribution in [0.5, 0.6) is 0 Å². The number of hydrogen-bond donors (Lipinski definition) is 0. The number of carbonyl (C=O) groups is 1. The van der Waals surface area contributed by atoms with Crippen molar-refractivity contribution in [1.29, 1.82) is 0 Å². The van der Waals surface area contributed by atoms with E-state index >= 15 is 0 Å². The van der Waals surface area contributed by atoms with E-state index in [1.165, 1.54) is 0 Å². The number of hydrogen-bond acceptors (Lipinski definition) is 6. The molecule has 0 saturated carbocycles. The molecule has 0 fully saturated rings. The molecule has 29 heavy (non-hydrogen) atoms. The van der Waals surface area contributed by atoms with Crippen molar-refractivity contribution in [1.82, 2.24) is 24.5 Å². The molecule has 0 aliphatic heterocycles. The second-order valence-electron chi connectivity index (χ2n) is 7.08. The van der Waals surface area contributed by atoms with Gasteiger partial charge in [-0.25, -0.2) is 14.3 Å². The molecule has 7 heteroatoms. The van der Waals surface area contributed by atoms with Crippen LogP contribution in [0.4, 0.5) is 0 Å². The first kappa shape index (κ1) is 20.9. The summed E-state index contributed by atoms with van der Waals surface area (Å²) in [4.78, 5) is 23.8. The standard InChI is InChI=1S/C22H29N5O2/c1-5-26(6-2)20(18-11-8-7-9-12-18)21(28)29-14-10-13-19-24-22-23-16(3)15-17(4)27(22)25-19/h7-9,11-12,15,20H,5-6,10,13-14H2,1-4H3/t20-/m1/s1. The lowest BCUT2D eigenvalue weighted by Gasteiger charge is -2.28. The largest absolute Gasteiger partial charge is 0.464 e. The topological polar surface area (TPSA) is 72.6 Å². The maximum absolute atomic E-state index is 12.8. The summed E-state index contributed by atoms with van der Waals surface area (Å²) in [5.41, 5.74) is 2.88. The zero-order valence-electron chi connectivity index (χ0n) is 17.6. The lowest BCUT2D eigenvalue weighted by atomic mass is 10.1. The molecule has 0 saturated heterocycles. The molecular weight excluding hydrogens is 366 g/mol. The van der Waals surface area contributed by atoms with Crippen LogP contribution in [0, 0.1) is 13.8 Å². The maximum atomic E-state index is 12.8. The summed E-state index contributed by atoms with van der Waals surface area (Å²) in [5, 5.41) is 4.50. The smallest absolute Gasteiger partial charge is 0.328 e. The minimum atomic E-state index is -0.380. The lowest BCUT2D eigenvalue weighted by Crippen LogP contribution is -2.35. The fourth-order valence-corrected chi connectivity index (χ4v) is 3.52. The van der Waals surface area contributed by atoms with Crippen LogP contribution in [0.1, 0.15) is 49.1 Å². The van der Waals surface area contributed by atoms with Crippen molar-refractivity contribution >= 4 is 11.7 Å². The number of rotatable bonds is 9. The third kappa shape index (κ3) is 4.98. The van der Waals surface area contributed by atoms with Gasteiger partial charge in [0.15, 0.2) is 5.82 Å². The normalized spacial score (nSPS) is 12.4. The van der Waals surface area contributed by atoms with Gasteiger partial charge >= 0.3 is 5.97 Å². The predicted molar refractivity (Wildman–Crippen MR) is 112 cm³/mol. The molecule has 0 amide bonds. The van der Waals surface area contributed by atoms with E-state index in [0.29, 0.717) is 31.1 Å². The van der Waals surface area contributed by atoms with Crippen LogP contribution in [-0.4, -0.2) is 50.1 Å². The first-order valence-corrected chi connectivity index (χ1v) is 10.2. The molecule has 2 aromatic heterocycles. The highest BCUT2D eigenvalue weighted by Gasteiger charge is 2.27. The number of carbonyl (C=O) groups excluding carboxylic acids is 1. The van der Waals surface area contributed by atoms with Gasteiger partial charge < -0.3 is 4.74 Å². The Morgan fingerprint density at radius 1 is 1.14 bits per heavy atom. The first-order chi connectivity index (χ1) is 14.0. The Bertz CT molecular complexity index is 950. The summed E-state index contributed by atoms with van der Waals surface area (Å²) < 4.78 is 7.37. The minimum absolute atomic E-state index is 0.212. The van der Waals surface area contributed by atoms with E-state index in [1.807, 2.05) is 50.2 Å². The number of fused-ring (bicyclic) bond motifs is 1. The highest BCUT2D eigenvalue weighted by molar-refractivity contribution is 5.77. The number of aryl methyl sites for hydroxylation is 3. The minimum Gasteiger partial charge on any atom is -0.464 e. The molecule has 0 aliphatic carbocycles. The monoisotopic (exact) mass is 395 g/mol. The Labute approximate surface area is 171 Å². The molecule has 0 radical (unpaired) electrons. The van der Waals surface area contributed by atoms with Gasteiger partial charge in [-0.15, -0.1) is 5.10 Å². The Kier molecular flexibility index (Phi) is 6.93. The number of esters is 1. The molecule has 7 nitrogen and oxygen atoms in total. The van der Waals surface area contributed by atoms with Gasteiger partial charge in [0.1, 0.15) is 6.04 Å². The molecule has 3 rings (SSSR count). The van der Waals surface area contributed by atoms with Gasteiger partial charge in [0.05, 0.1) is 6.61 Å². The highest BCUT2D eigenvalue weighted by Crippen LogP contribution is 2.22. The summed E-state index contributed by atoms with van der Waals surface area (Å²) in [6, 6.07) is 11.4. The number of benzene rings is 1. The molecular formula is C22H29N5O2. The highest BCUT2D eigenvalue weighted by atomic mass is 16.5. The van der Waals surface area contributed by atoms with Gasteiger partial charge in [-0.3, -0.25) is 4.90 Å². The lowest BCUT2D eigenvalue weighted by molar-refractivity contribution is -0.150. The molecule has 0 unspecified atom stereocenters. The van der Waals surface area contributed by atoms with Gasteiger partial charge in [0.25, 0.3) is 5.78 Å². The zero-order valence-corrected chi connectivity index (χ0v) is 17.6. The molecule has 0 N–H and O–H groups in total. The van der Waals surface area contributed by atoms with Crippen molar-refractivity contribution < 1.29 is 9.53 Å². The molecule has 0 bridgehead atoms. The van der Waals surface area contributed by atoms with Crippen molar-refractivity contribution in [3.05, 3.63) is 59.2 Å². The third-order valence-corrected chi connectivity index (χ3v) is 4.97. The van der Waals surface area contributed by atoms with Gasteiger partial charge in [-0.05, 0) is 45.0 Å². The van der Waals surface area contributed by atoms with E-state index in [0.717, 1.165) is 30.0 Å². The second kappa shape index (κ2) is 9.60. The predicted octanol–water partition coefficient (Wildman–Crippen LogP) is 3.30.